The van der Waals surface area contributed by atoms with Gasteiger partial charge < -0.3 is 14.7 Å². The van der Waals surface area contributed by atoms with Gasteiger partial charge in [0.05, 0.1) is 16.9 Å². The van der Waals surface area contributed by atoms with Crippen molar-refractivity contribution in [1.29, 1.82) is 0 Å². The molecule has 4 aliphatic heterocycles. The lowest BCUT2D eigenvalue weighted by Gasteiger charge is -2.46. The van der Waals surface area contributed by atoms with Crippen LogP contribution in [-0.2, 0) is 21.2 Å². The molecule has 4 fully saturated rings. The predicted octanol–water partition coefficient (Wildman–Crippen LogP) is 5.17. The normalized spacial score (nSPS) is 26.5. The van der Waals surface area contributed by atoms with Gasteiger partial charge in [0.2, 0.25) is 5.91 Å². The van der Waals surface area contributed by atoms with Crippen molar-refractivity contribution in [2.75, 3.05) is 52.1 Å². The molecule has 0 bridgehead atoms. The Labute approximate surface area is 276 Å². The number of benzene rings is 2. The molecule has 4 saturated heterocycles. The van der Waals surface area contributed by atoms with E-state index in [0.29, 0.717) is 26.2 Å². The Kier molecular flexibility index (Phi) is 8.43. The molecule has 1 spiro atoms. The van der Waals surface area contributed by atoms with Crippen molar-refractivity contribution >= 4 is 21.8 Å². The number of urea groups is 1. The van der Waals surface area contributed by atoms with E-state index in [1.807, 2.05) is 28.0 Å². The second-order valence-electron chi connectivity index (χ2n) is 14.4. The van der Waals surface area contributed by atoms with Gasteiger partial charge in [0.15, 0.2) is 9.84 Å². The second kappa shape index (κ2) is 12.3. The van der Waals surface area contributed by atoms with Gasteiger partial charge in [0.1, 0.15) is 0 Å². The van der Waals surface area contributed by atoms with Gasteiger partial charge in [-0.05, 0) is 68.5 Å². The molecular formula is C36H44F2N4O4S. The fourth-order valence-corrected chi connectivity index (χ4v) is 9.25. The van der Waals surface area contributed by atoms with E-state index in [2.05, 4.69) is 23.1 Å². The van der Waals surface area contributed by atoms with Crippen LogP contribution in [0, 0.1) is 11.3 Å². The molecule has 11 heteroatoms. The molecule has 2 aromatic carbocycles. The molecule has 7 rings (SSSR count). The summed E-state index contributed by atoms with van der Waals surface area (Å²) >= 11 is 0. The van der Waals surface area contributed by atoms with Gasteiger partial charge in [0.25, 0.3) is 5.92 Å². The molecule has 1 aliphatic carbocycles. The van der Waals surface area contributed by atoms with Crippen LogP contribution in [0.1, 0.15) is 55.6 Å². The molecule has 252 valence electrons. The van der Waals surface area contributed by atoms with Crippen LogP contribution in [0.2, 0.25) is 0 Å². The second-order valence-corrected chi connectivity index (χ2v) is 16.4. The van der Waals surface area contributed by atoms with Crippen molar-refractivity contribution in [2.24, 2.45) is 11.3 Å². The van der Waals surface area contributed by atoms with Crippen LogP contribution in [0.4, 0.5) is 13.6 Å². The summed E-state index contributed by atoms with van der Waals surface area (Å²) in [5, 5.41) is 0. The number of sulfone groups is 1. The van der Waals surface area contributed by atoms with E-state index >= 15 is 0 Å². The van der Waals surface area contributed by atoms with Crippen molar-refractivity contribution in [3.63, 3.8) is 0 Å². The summed E-state index contributed by atoms with van der Waals surface area (Å²) in [5.41, 5.74) is 3.09. The molecule has 2 aromatic rings. The number of likely N-dealkylation sites (tertiary alicyclic amines) is 4. The highest BCUT2D eigenvalue weighted by molar-refractivity contribution is 7.90. The van der Waals surface area contributed by atoms with E-state index in [-0.39, 0.29) is 53.1 Å². The first kappa shape index (κ1) is 32.2. The Morgan fingerprint density at radius 2 is 1.60 bits per heavy atom. The van der Waals surface area contributed by atoms with Crippen molar-refractivity contribution in [1.82, 2.24) is 19.6 Å². The predicted molar refractivity (Wildman–Crippen MR) is 175 cm³/mol. The van der Waals surface area contributed by atoms with Crippen molar-refractivity contribution < 1.29 is 26.8 Å². The zero-order valence-corrected chi connectivity index (χ0v) is 27.8. The number of nitrogens with zero attached hydrogens (tertiary/aromatic N) is 4. The van der Waals surface area contributed by atoms with Crippen LogP contribution in [0.5, 0.6) is 0 Å². The average molecular weight is 667 g/mol. The quantitative estimate of drug-likeness (QED) is 0.381. The lowest BCUT2D eigenvalue weighted by Crippen LogP contribution is -2.52. The average Bonchev–Trinajstić information content (AvgIpc) is 3.71. The van der Waals surface area contributed by atoms with Crippen LogP contribution in [0.25, 0.3) is 0 Å². The molecule has 47 heavy (non-hydrogen) atoms. The summed E-state index contributed by atoms with van der Waals surface area (Å²) in [6, 6.07) is 16.9. The summed E-state index contributed by atoms with van der Waals surface area (Å²) in [4.78, 5) is 35.3. The van der Waals surface area contributed by atoms with E-state index in [9.17, 15) is 26.8 Å². The van der Waals surface area contributed by atoms with Gasteiger partial charge in [-0.25, -0.2) is 22.0 Å². The minimum absolute atomic E-state index is 0.0861. The summed E-state index contributed by atoms with van der Waals surface area (Å²) in [7, 11) is -3.28. The molecule has 3 amide bonds. The molecule has 5 aliphatic rings. The van der Waals surface area contributed by atoms with Crippen LogP contribution in [0.15, 0.2) is 71.1 Å². The molecule has 0 N–H and O–H groups in total. The monoisotopic (exact) mass is 666 g/mol. The third kappa shape index (κ3) is 6.33. The lowest BCUT2D eigenvalue weighted by molar-refractivity contribution is -0.139. The molecule has 8 nitrogen and oxygen atoms in total. The van der Waals surface area contributed by atoms with E-state index in [1.54, 1.807) is 24.3 Å². The Bertz CT molecular complexity index is 1640. The van der Waals surface area contributed by atoms with E-state index in [4.69, 9.17) is 0 Å². The third-order valence-electron chi connectivity index (χ3n) is 11.4. The first-order valence-corrected chi connectivity index (χ1v) is 18.8. The fourth-order valence-electron chi connectivity index (χ4n) is 8.62. The van der Waals surface area contributed by atoms with Crippen molar-refractivity contribution in [3.8, 4) is 0 Å². The maximum Gasteiger partial charge on any atom is 0.320 e. The van der Waals surface area contributed by atoms with Gasteiger partial charge in [-0.15, -0.1) is 0 Å². The first-order chi connectivity index (χ1) is 22.4. The van der Waals surface area contributed by atoms with E-state index < -0.39 is 22.3 Å². The minimum Gasteiger partial charge on any atom is -0.338 e. The molecule has 4 heterocycles. The highest BCUT2D eigenvalue weighted by atomic mass is 32.2. The highest BCUT2D eigenvalue weighted by Crippen LogP contribution is 2.47. The topological polar surface area (TPSA) is 81.2 Å². The number of hydrogen-bond acceptors (Lipinski definition) is 5. The van der Waals surface area contributed by atoms with Gasteiger partial charge >= 0.3 is 6.03 Å². The van der Waals surface area contributed by atoms with Gasteiger partial charge in [-0.2, -0.15) is 0 Å². The number of hydrogen-bond donors (Lipinski definition) is 0. The van der Waals surface area contributed by atoms with E-state index in [0.717, 1.165) is 50.8 Å². The largest absolute Gasteiger partial charge is 0.338 e. The number of piperidine rings is 1. The van der Waals surface area contributed by atoms with Crippen LogP contribution in [-0.4, -0.2) is 104 Å². The Morgan fingerprint density at radius 1 is 0.915 bits per heavy atom. The number of halogens is 2. The molecule has 0 aromatic heterocycles. The minimum atomic E-state index is -3.28. The van der Waals surface area contributed by atoms with Gasteiger partial charge in [0, 0.05) is 63.3 Å². The lowest BCUT2D eigenvalue weighted by atomic mass is 9.73. The molecule has 3 atom stereocenters. The van der Waals surface area contributed by atoms with Gasteiger partial charge in [-0.1, -0.05) is 54.1 Å². The Morgan fingerprint density at radius 3 is 2.19 bits per heavy atom. The van der Waals surface area contributed by atoms with Crippen LogP contribution in [0.3, 0.4) is 0 Å². The maximum atomic E-state index is 14.1. The summed E-state index contributed by atoms with van der Waals surface area (Å²) in [5.74, 6) is -2.43. The maximum absolute atomic E-state index is 14.1. The highest BCUT2D eigenvalue weighted by Gasteiger charge is 2.52. The van der Waals surface area contributed by atoms with E-state index in [1.165, 1.54) is 22.3 Å². The molecular weight excluding hydrogens is 622 g/mol. The van der Waals surface area contributed by atoms with Crippen LogP contribution < -0.4 is 0 Å². The van der Waals surface area contributed by atoms with Gasteiger partial charge in [-0.3, -0.25) is 9.69 Å². The number of alkyl halides is 2. The third-order valence-corrected chi connectivity index (χ3v) is 12.5. The Balaban J connectivity index is 1.06. The number of allylic oxidation sites excluding steroid dienone is 1. The number of carbonyl (C=O) groups excluding carboxylic acids is 2. The first-order valence-electron chi connectivity index (χ1n) is 16.9. The molecule has 0 saturated carbocycles. The Hall–Kier alpha value is -3.31. The summed E-state index contributed by atoms with van der Waals surface area (Å²) in [6.45, 7) is 3.34. The smallest absolute Gasteiger partial charge is 0.320 e. The number of carbonyl (C=O) groups is 2. The fraction of sp³-hybridized carbons (Fsp3) is 0.556. The molecule has 0 radical (unpaired) electrons. The van der Waals surface area contributed by atoms with Crippen LogP contribution >= 0.6 is 0 Å². The zero-order valence-electron chi connectivity index (χ0n) is 27.0. The molecule has 2 unspecified atom stereocenters. The number of amides is 3. The van der Waals surface area contributed by atoms with Crippen molar-refractivity contribution in [2.45, 2.75) is 67.8 Å². The SMILES string of the molecule is CS(=O)(=O)c1ccc(CN2CCC3(CCN(C(C4=CCC4)[C@H]4CN(C(=O)N5CCC(F)(F)C5)CC4c4ccccc4)CC3)C2=O)cc1. The van der Waals surface area contributed by atoms with Crippen molar-refractivity contribution in [3.05, 3.63) is 77.4 Å². The zero-order chi connectivity index (χ0) is 33.0. The summed E-state index contributed by atoms with van der Waals surface area (Å²) in [6.07, 6.45) is 7.64. The standard InChI is InChI=1S/C36H44F2N4O4S/c1-47(45,46)29-12-10-26(11-13-29)22-40-20-16-35(33(40)43)14-18-39(19-15-35)32(28-8-5-9-28)31-24-42(23-30(31)27-6-3-2-4-7-27)34(44)41-21-17-36(37,38)25-41/h2-4,6-8,10-13,30-32H,5,9,14-25H2,1H3/t30?,31-,32?/m0/s1. The summed E-state index contributed by atoms with van der Waals surface area (Å²) < 4.78 is 51.8. The number of rotatable bonds is 7.